The zero-order valence-corrected chi connectivity index (χ0v) is 12.0. The molecule has 0 aromatic heterocycles. The largest absolute Gasteiger partial charge is 0.398 e. The van der Waals surface area contributed by atoms with Crippen molar-refractivity contribution in [3.8, 4) is 0 Å². The quantitative estimate of drug-likeness (QED) is 0.256. The summed E-state index contributed by atoms with van der Waals surface area (Å²) in [6, 6.07) is 5.60. The molecule has 1 atom stereocenters. The van der Waals surface area contributed by atoms with E-state index in [1.807, 2.05) is 25.1 Å². The molecule has 0 fully saturated rings. The van der Waals surface area contributed by atoms with E-state index in [0.717, 1.165) is 22.2 Å². The second kappa shape index (κ2) is 6.88. The molecule has 6 heteroatoms. The van der Waals surface area contributed by atoms with Gasteiger partial charge in [0.05, 0.1) is 5.25 Å². The summed E-state index contributed by atoms with van der Waals surface area (Å²) in [7, 11) is 0. The Hall–Kier alpha value is -0.720. The Labute approximate surface area is 114 Å². The maximum absolute atomic E-state index is 11.6. The van der Waals surface area contributed by atoms with Crippen LogP contribution in [0.5, 0.6) is 0 Å². The van der Waals surface area contributed by atoms with Crippen LogP contribution in [0.4, 0.5) is 5.69 Å². The Morgan fingerprint density at radius 2 is 2.29 bits per heavy atom. The van der Waals surface area contributed by atoms with Crippen molar-refractivity contribution in [2.24, 2.45) is 5.84 Å². The topological polar surface area (TPSA) is 81.1 Å². The van der Waals surface area contributed by atoms with Gasteiger partial charge in [-0.25, -0.2) is 5.84 Å². The number of halogens is 1. The standard InChI is InChI=1S/C11H16BrN3OS/c1-2-3-9(11(16)15-14)17-10-6-7(12)4-5-8(10)13/h4-6,9H,2-3,13-14H2,1H3,(H,15,16). The molecule has 17 heavy (non-hydrogen) atoms. The highest BCUT2D eigenvalue weighted by Gasteiger charge is 2.19. The molecule has 1 aromatic rings. The first kappa shape index (κ1) is 14.3. The molecule has 0 bridgehead atoms. The van der Waals surface area contributed by atoms with Gasteiger partial charge < -0.3 is 5.73 Å². The molecule has 1 rings (SSSR count). The van der Waals surface area contributed by atoms with Gasteiger partial charge in [-0.3, -0.25) is 10.2 Å². The summed E-state index contributed by atoms with van der Waals surface area (Å²) in [5.41, 5.74) is 8.73. The van der Waals surface area contributed by atoms with Crippen LogP contribution in [0.2, 0.25) is 0 Å². The van der Waals surface area contributed by atoms with E-state index in [1.165, 1.54) is 11.8 Å². The Balaban J connectivity index is 2.85. The first-order valence-corrected chi connectivity index (χ1v) is 6.97. The molecule has 1 unspecified atom stereocenters. The molecule has 1 aromatic carbocycles. The van der Waals surface area contributed by atoms with E-state index in [1.54, 1.807) is 0 Å². The van der Waals surface area contributed by atoms with Gasteiger partial charge in [-0.15, -0.1) is 11.8 Å². The number of benzene rings is 1. The van der Waals surface area contributed by atoms with Gasteiger partial charge in [-0.2, -0.15) is 0 Å². The summed E-state index contributed by atoms with van der Waals surface area (Å²) in [5, 5.41) is -0.207. The Morgan fingerprint density at radius 3 is 2.88 bits per heavy atom. The molecule has 0 saturated carbocycles. The lowest BCUT2D eigenvalue weighted by atomic mass is 10.2. The predicted molar refractivity (Wildman–Crippen MR) is 75.4 cm³/mol. The van der Waals surface area contributed by atoms with Crippen molar-refractivity contribution in [2.45, 2.75) is 29.9 Å². The molecular formula is C11H16BrN3OS. The molecule has 0 heterocycles. The van der Waals surface area contributed by atoms with Crippen molar-refractivity contribution in [3.05, 3.63) is 22.7 Å². The van der Waals surface area contributed by atoms with Gasteiger partial charge in [-0.05, 0) is 24.6 Å². The number of amides is 1. The number of nitrogens with one attached hydrogen (secondary N) is 1. The van der Waals surface area contributed by atoms with Crippen molar-refractivity contribution in [3.63, 3.8) is 0 Å². The van der Waals surface area contributed by atoms with E-state index >= 15 is 0 Å². The zero-order chi connectivity index (χ0) is 12.8. The van der Waals surface area contributed by atoms with Crippen LogP contribution in [0.15, 0.2) is 27.6 Å². The van der Waals surface area contributed by atoms with Crippen LogP contribution >= 0.6 is 27.7 Å². The van der Waals surface area contributed by atoms with Crippen LogP contribution < -0.4 is 17.0 Å². The van der Waals surface area contributed by atoms with Crippen molar-refractivity contribution in [1.82, 2.24) is 5.43 Å². The Bertz CT molecular complexity index is 400. The lowest BCUT2D eigenvalue weighted by Gasteiger charge is -2.15. The average molecular weight is 318 g/mol. The highest BCUT2D eigenvalue weighted by atomic mass is 79.9. The summed E-state index contributed by atoms with van der Waals surface area (Å²) in [4.78, 5) is 12.5. The van der Waals surface area contributed by atoms with Crippen LogP contribution in [-0.4, -0.2) is 11.2 Å². The van der Waals surface area contributed by atoms with Crippen molar-refractivity contribution in [2.75, 3.05) is 5.73 Å². The predicted octanol–water partition coefficient (Wildman–Crippen LogP) is 2.28. The molecule has 0 spiro atoms. The van der Waals surface area contributed by atoms with Crippen LogP contribution in [0.3, 0.4) is 0 Å². The third-order valence-corrected chi connectivity index (χ3v) is 4.07. The van der Waals surface area contributed by atoms with Crippen molar-refractivity contribution >= 4 is 39.3 Å². The molecule has 0 aliphatic carbocycles. The number of carbonyl (C=O) groups excluding carboxylic acids is 1. The van der Waals surface area contributed by atoms with E-state index in [9.17, 15) is 4.79 Å². The SMILES string of the molecule is CCCC(Sc1cc(Br)ccc1N)C(=O)NN. The zero-order valence-electron chi connectivity index (χ0n) is 9.57. The maximum atomic E-state index is 11.6. The number of hydrogen-bond acceptors (Lipinski definition) is 4. The minimum Gasteiger partial charge on any atom is -0.398 e. The average Bonchev–Trinajstić information content (AvgIpc) is 2.32. The molecular weight excluding hydrogens is 302 g/mol. The number of anilines is 1. The fourth-order valence-electron chi connectivity index (χ4n) is 1.36. The number of thioether (sulfide) groups is 1. The molecule has 1 amide bonds. The van der Waals surface area contributed by atoms with Gasteiger partial charge in [-0.1, -0.05) is 29.3 Å². The Kier molecular flexibility index (Phi) is 5.80. The van der Waals surface area contributed by atoms with Gasteiger partial charge in [0.1, 0.15) is 0 Å². The summed E-state index contributed by atoms with van der Waals surface area (Å²) >= 11 is 4.82. The normalized spacial score (nSPS) is 12.2. The van der Waals surface area contributed by atoms with Crippen LogP contribution in [0.1, 0.15) is 19.8 Å². The summed E-state index contributed by atoms with van der Waals surface area (Å²) < 4.78 is 0.942. The number of nitrogen functional groups attached to an aromatic ring is 1. The second-order valence-corrected chi connectivity index (χ2v) is 5.75. The summed E-state index contributed by atoms with van der Waals surface area (Å²) in [5.74, 6) is 5.00. The van der Waals surface area contributed by atoms with Crippen molar-refractivity contribution < 1.29 is 4.79 Å². The summed E-state index contributed by atoms with van der Waals surface area (Å²) in [6.45, 7) is 2.03. The highest BCUT2D eigenvalue weighted by Crippen LogP contribution is 2.33. The fraction of sp³-hybridized carbons (Fsp3) is 0.364. The van der Waals surface area contributed by atoms with Gasteiger partial charge in [0.25, 0.3) is 0 Å². The molecule has 5 N–H and O–H groups in total. The number of carbonyl (C=O) groups is 1. The minimum atomic E-state index is -0.207. The lowest BCUT2D eigenvalue weighted by molar-refractivity contribution is -0.120. The molecule has 0 aliphatic heterocycles. The van der Waals surface area contributed by atoms with Crippen LogP contribution in [-0.2, 0) is 4.79 Å². The van der Waals surface area contributed by atoms with E-state index in [4.69, 9.17) is 11.6 Å². The smallest absolute Gasteiger partial charge is 0.247 e. The van der Waals surface area contributed by atoms with Crippen LogP contribution in [0, 0.1) is 0 Å². The van der Waals surface area contributed by atoms with Gasteiger partial charge in [0, 0.05) is 15.1 Å². The third-order valence-electron chi connectivity index (χ3n) is 2.23. The molecule has 94 valence electrons. The number of nitrogens with two attached hydrogens (primary N) is 2. The van der Waals surface area contributed by atoms with Gasteiger partial charge >= 0.3 is 0 Å². The van der Waals surface area contributed by atoms with Gasteiger partial charge in [0.15, 0.2) is 0 Å². The fourth-order valence-corrected chi connectivity index (χ4v) is 3.11. The molecule has 4 nitrogen and oxygen atoms in total. The number of rotatable bonds is 5. The molecule has 0 saturated heterocycles. The minimum absolute atomic E-state index is 0.170. The second-order valence-electron chi connectivity index (χ2n) is 3.59. The number of hydrazine groups is 1. The third kappa shape index (κ3) is 4.22. The highest BCUT2D eigenvalue weighted by molar-refractivity contribution is 9.10. The summed E-state index contributed by atoms with van der Waals surface area (Å²) in [6.07, 6.45) is 1.68. The number of hydrogen-bond donors (Lipinski definition) is 3. The molecule has 0 radical (unpaired) electrons. The Morgan fingerprint density at radius 1 is 1.59 bits per heavy atom. The van der Waals surface area contributed by atoms with Gasteiger partial charge in [0.2, 0.25) is 5.91 Å². The lowest BCUT2D eigenvalue weighted by Crippen LogP contribution is -2.37. The van der Waals surface area contributed by atoms with E-state index < -0.39 is 0 Å². The van der Waals surface area contributed by atoms with Crippen LogP contribution in [0.25, 0.3) is 0 Å². The first-order valence-electron chi connectivity index (χ1n) is 5.30. The monoisotopic (exact) mass is 317 g/mol. The first-order chi connectivity index (χ1) is 8.08. The molecule has 0 aliphatic rings. The van der Waals surface area contributed by atoms with E-state index in [-0.39, 0.29) is 11.2 Å². The van der Waals surface area contributed by atoms with Crippen molar-refractivity contribution in [1.29, 1.82) is 0 Å². The maximum Gasteiger partial charge on any atom is 0.247 e. The van der Waals surface area contributed by atoms with E-state index in [2.05, 4.69) is 21.4 Å². The van der Waals surface area contributed by atoms with E-state index in [0.29, 0.717) is 5.69 Å².